The maximum Gasteiger partial charge on any atom is 0.145 e. The van der Waals surface area contributed by atoms with Crippen LogP contribution in [0.25, 0.3) is 16.3 Å². The van der Waals surface area contributed by atoms with E-state index in [1.54, 1.807) is 11.3 Å². The minimum Gasteiger partial charge on any atom is -0.339 e. The maximum atomic E-state index is 4.79. The number of hydrogen-bond donors (Lipinski definition) is 1. The summed E-state index contributed by atoms with van der Waals surface area (Å²) in [5.74, 6) is 0.935. The first-order valence-electron chi connectivity index (χ1n) is 7.54. The Morgan fingerprint density at radius 2 is 1.96 bits per heavy atom. The number of aromatic nitrogens is 3. The number of para-hydroxylation sites is 1. The summed E-state index contributed by atoms with van der Waals surface area (Å²) in [5.41, 5.74) is 5.26. The number of hydrogen-bond acceptors (Lipinski definition) is 4. The molecule has 4 nitrogen and oxygen atoms in total. The molecule has 0 saturated carbocycles. The van der Waals surface area contributed by atoms with Crippen molar-refractivity contribution < 1.29 is 0 Å². The average molecular weight is 399 g/mol. The first-order valence-corrected chi connectivity index (χ1v) is 9.21. The standard InChI is InChI=1S/C18H15BrN4S/c1-11-4-3-5-12(2)15(11)22-17-16(18-20-7-9-24-18)21-14-10-13(19)6-8-23(14)17/h3-10,22H,1-2H3. The number of thiazole rings is 1. The van der Waals surface area contributed by atoms with Gasteiger partial charge in [0.25, 0.3) is 0 Å². The first-order chi connectivity index (χ1) is 11.6. The Hall–Kier alpha value is -2.18. The molecule has 4 aromatic rings. The molecule has 4 rings (SSSR count). The highest BCUT2D eigenvalue weighted by molar-refractivity contribution is 9.10. The van der Waals surface area contributed by atoms with Crippen molar-refractivity contribution in [1.29, 1.82) is 0 Å². The van der Waals surface area contributed by atoms with Crippen LogP contribution in [0, 0.1) is 13.8 Å². The molecule has 0 spiro atoms. The molecule has 0 aliphatic carbocycles. The van der Waals surface area contributed by atoms with Gasteiger partial charge >= 0.3 is 0 Å². The third-order valence-electron chi connectivity index (χ3n) is 3.95. The molecule has 3 aromatic heterocycles. The molecule has 1 N–H and O–H groups in total. The molecule has 3 heterocycles. The van der Waals surface area contributed by atoms with E-state index in [4.69, 9.17) is 4.98 Å². The minimum atomic E-state index is 0.866. The monoisotopic (exact) mass is 398 g/mol. The molecule has 6 heteroatoms. The Bertz CT molecular complexity index is 1000. The summed E-state index contributed by atoms with van der Waals surface area (Å²) in [6.45, 7) is 4.22. The summed E-state index contributed by atoms with van der Waals surface area (Å²) in [4.78, 5) is 9.23. The van der Waals surface area contributed by atoms with Crippen LogP contribution in [-0.2, 0) is 0 Å². The Morgan fingerprint density at radius 1 is 1.17 bits per heavy atom. The second-order valence-corrected chi connectivity index (χ2v) is 7.42. The van der Waals surface area contributed by atoms with Crippen molar-refractivity contribution in [2.75, 3.05) is 5.32 Å². The zero-order valence-electron chi connectivity index (χ0n) is 13.2. The largest absolute Gasteiger partial charge is 0.339 e. The number of rotatable bonds is 3. The van der Waals surface area contributed by atoms with Crippen molar-refractivity contribution in [3.8, 4) is 10.7 Å². The highest BCUT2D eigenvalue weighted by atomic mass is 79.9. The van der Waals surface area contributed by atoms with Gasteiger partial charge in [-0.15, -0.1) is 11.3 Å². The molecular weight excluding hydrogens is 384 g/mol. The van der Waals surface area contributed by atoms with Crippen molar-refractivity contribution >= 4 is 44.4 Å². The highest BCUT2D eigenvalue weighted by Gasteiger charge is 2.17. The van der Waals surface area contributed by atoms with Crippen LogP contribution < -0.4 is 5.32 Å². The molecule has 0 radical (unpaired) electrons. The first kappa shape index (κ1) is 15.4. The molecule has 120 valence electrons. The van der Waals surface area contributed by atoms with E-state index in [1.807, 2.05) is 29.9 Å². The normalized spacial score (nSPS) is 11.1. The van der Waals surface area contributed by atoms with Gasteiger partial charge < -0.3 is 5.32 Å². The van der Waals surface area contributed by atoms with Crippen LogP contribution in [0.3, 0.4) is 0 Å². The van der Waals surface area contributed by atoms with Crippen LogP contribution in [0.15, 0.2) is 52.6 Å². The highest BCUT2D eigenvalue weighted by Crippen LogP contribution is 2.34. The lowest BCUT2D eigenvalue weighted by atomic mass is 10.1. The van der Waals surface area contributed by atoms with E-state index in [2.05, 4.69) is 62.7 Å². The molecule has 0 saturated heterocycles. The number of anilines is 2. The molecule has 24 heavy (non-hydrogen) atoms. The Balaban J connectivity index is 1.94. The van der Waals surface area contributed by atoms with Gasteiger partial charge in [0.15, 0.2) is 0 Å². The number of imidazole rings is 1. The number of halogens is 1. The lowest BCUT2D eigenvalue weighted by molar-refractivity contribution is 1.17. The summed E-state index contributed by atoms with van der Waals surface area (Å²) in [6, 6.07) is 10.3. The van der Waals surface area contributed by atoms with Gasteiger partial charge in [-0.2, -0.15) is 0 Å². The summed E-state index contributed by atoms with van der Waals surface area (Å²) in [7, 11) is 0. The van der Waals surface area contributed by atoms with Gasteiger partial charge in [-0.25, -0.2) is 9.97 Å². The summed E-state index contributed by atoms with van der Waals surface area (Å²) in [6.07, 6.45) is 3.82. The van der Waals surface area contributed by atoms with E-state index in [0.29, 0.717) is 0 Å². The fraction of sp³-hybridized carbons (Fsp3) is 0.111. The number of nitrogens with one attached hydrogen (secondary N) is 1. The molecule has 0 fully saturated rings. The second-order valence-electron chi connectivity index (χ2n) is 5.61. The number of pyridine rings is 1. The molecule has 0 amide bonds. The van der Waals surface area contributed by atoms with Crippen molar-refractivity contribution in [2.45, 2.75) is 13.8 Å². The second kappa shape index (κ2) is 6.03. The molecule has 0 unspecified atom stereocenters. The lowest BCUT2D eigenvalue weighted by Crippen LogP contribution is -2.00. The quantitative estimate of drug-likeness (QED) is 0.489. The van der Waals surface area contributed by atoms with E-state index in [1.165, 1.54) is 11.1 Å². The number of aryl methyl sites for hydroxylation is 2. The maximum absolute atomic E-state index is 4.79. The van der Waals surface area contributed by atoms with Crippen LogP contribution in [0.5, 0.6) is 0 Å². The molecule has 0 aliphatic heterocycles. The van der Waals surface area contributed by atoms with Crippen molar-refractivity contribution in [3.63, 3.8) is 0 Å². The van der Waals surface area contributed by atoms with Gasteiger partial charge in [0.1, 0.15) is 22.2 Å². The van der Waals surface area contributed by atoms with E-state index in [-0.39, 0.29) is 0 Å². The SMILES string of the molecule is Cc1cccc(C)c1Nc1c(-c2nccs2)nc2cc(Br)ccn12. The topological polar surface area (TPSA) is 42.2 Å². The number of fused-ring (bicyclic) bond motifs is 1. The molecule has 1 aromatic carbocycles. The fourth-order valence-corrected chi connectivity index (χ4v) is 3.71. The van der Waals surface area contributed by atoms with Crippen molar-refractivity contribution in [1.82, 2.24) is 14.4 Å². The van der Waals surface area contributed by atoms with Gasteiger partial charge in [-0.1, -0.05) is 34.1 Å². The van der Waals surface area contributed by atoms with Crippen molar-refractivity contribution in [3.05, 3.63) is 63.7 Å². The van der Waals surface area contributed by atoms with Gasteiger partial charge in [0, 0.05) is 27.9 Å². The molecular formula is C18H15BrN4S. The predicted octanol–water partition coefficient (Wildman–Crippen LogP) is 5.58. The van der Waals surface area contributed by atoms with Crippen molar-refractivity contribution in [2.24, 2.45) is 0 Å². The van der Waals surface area contributed by atoms with Crippen LogP contribution in [0.1, 0.15) is 11.1 Å². The Labute approximate surface area is 152 Å². The fourth-order valence-electron chi connectivity index (χ4n) is 2.76. The molecule has 0 bridgehead atoms. The third kappa shape index (κ3) is 2.61. The summed E-state index contributed by atoms with van der Waals surface area (Å²) < 4.78 is 3.07. The minimum absolute atomic E-state index is 0.866. The van der Waals surface area contributed by atoms with Gasteiger partial charge in [-0.05, 0) is 37.1 Å². The van der Waals surface area contributed by atoms with Crippen LogP contribution in [-0.4, -0.2) is 14.4 Å². The summed E-state index contributed by atoms with van der Waals surface area (Å²) >= 11 is 5.11. The Morgan fingerprint density at radius 3 is 2.67 bits per heavy atom. The van der Waals surface area contributed by atoms with Gasteiger partial charge in [0.2, 0.25) is 0 Å². The zero-order chi connectivity index (χ0) is 16.7. The number of benzene rings is 1. The van der Waals surface area contributed by atoms with Gasteiger partial charge in [-0.3, -0.25) is 4.40 Å². The van der Waals surface area contributed by atoms with E-state index in [9.17, 15) is 0 Å². The van der Waals surface area contributed by atoms with Crippen LogP contribution >= 0.6 is 27.3 Å². The smallest absolute Gasteiger partial charge is 0.145 e. The average Bonchev–Trinajstić information content (AvgIpc) is 3.18. The van der Waals surface area contributed by atoms with Crippen LogP contribution in [0.4, 0.5) is 11.5 Å². The van der Waals surface area contributed by atoms with E-state index >= 15 is 0 Å². The zero-order valence-corrected chi connectivity index (χ0v) is 15.6. The van der Waals surface area contributed by atoms with Gasteiger partial charge in [0.05, 0.1) is 0 Å². The molecule has 0 aliphatic rings. The van der Waals surface area contributed by atoms with Crippen LogP contribution in [0.2, 0.25) is 0 Å². The third-order valence-corrected chi connectivity index (χ3v) is 5.22. The lowest BCUT2D eigenvalue weighted by Gasteiger charge is -2.13. The number of nitrogens with zero attached hydrogens (tertiary/aromatic N) is 3. The Kier molecular flexibility index (Phi) is 3.86. The predicted molar refractivity (Wildman–Crippen MR) is 103 cm³/mol. The van der Waals surface area contributed by atoms with E-state index in [0.717, 1.165) is 32.3 Å². The molecule has 0 atom stereocenters. The van der Waals surface area contributed by atoms with E-state index < -0.39 is 0 Å². The summed E-state index contributed by atoms with van der Waals surface area (Å²) in [5, 5.41) is 6.47.